The second-order valence-electron chi connectivity index (χ2n) is 5.00. The molecule has 0 bridgehead atoms. The second-order valence-corrected chi connectivity index (χ2v) is 5.39. The molecule has 0 saturated heterocycles. The second kappa shape index (κ2) is 6.51. The Bertz CT molecular complexity index is 627. The van der Waals surface area contributed by atoms with E-state index in [-0.39, 0.29) is 0 Å². The van der Waals surface area contributed by atoms with Crippen LogP contribution in [0.1, 0.15) is 12.6 Å². The summed E-state index contributed by atoms with van der Waals surface area (Å²) in [6, 6.07) is 0. The lowest BCUT2D eigenvalue weighted by Crippen LogP contribution is -2.27. The van der Waals surface area contributed by atoms with Gasteiger partial charge in [0.15, 0.2) is 10.4 Å². The number of H-pyrrole nitrogens is 1. The SMILES string of the molecule is CCc1nn(C)c2c1[nH]c(=S)n2CCN(C)CCOC. The van der Waals surface area contributed by atoms with Crippen LogP contribution in [0.3, 0.4) is 0 Å². The Labute approximate surface area is 124 Å². The first-order valence-corrected chi connectivity index (χ1v) is 7.31. The largest absolute Gasteiger partial charge is 0.383 e. The Kier molecular flexibility index (Phi) is 4.95. The van der Waals surface area contributed by atoms with Crippen molar-refractivity contribution in [3.05, 3.63) is 10.5 Å². The number of rotatable bonds is 7. The molecule has 0 fully saturated rings. The molecule has 7 heteroatoms. The minimum atomic E-state index is 0.746. The lowest BCUT2D eigenvalue weighted by Gasteiger charge is -2.16. The number of aromatic nitrogens is 4. The molecule has 0 aliphatic rings. The predicted molar refractivity (Wildman–Crippen MR) is 82.6 cm³/mol. The highest BCUT2D eigenvalue weighted by Crippen LogP contribution is 2.18. The normalized spacial score (nSPS) is 11.8. The predicted octanol–water partition coefficient (Wildman–Crippen LogP) is 1.57. The fraction of sp³-hybridized carbons (Fsp3) is 0.692. The molecule has 0 spiro atoms. The molecule has 0 aliphatic carbocycles. The van der Waals surface area contributed by atoms with Crippen molar-refractivity contribution >= 4 is 23.4 Å². The number of likely N-dealkylation sites (N-methyl/N-ethyl adjacent to an activating group) is 1. The third-order valence-corrected chi connectivity index (χ3v) is 3.86. The van der Waals surface area contributed by atoms with E-state index < -0.39 is 0 Å². The van der Waals surface area contributed by atoms with E-state index in [4.69, 9.17) is 17.0 Å². The molecule has 0 atom stereocenters. The van der Waals surface area contributed by atoms with E-state index in [1.165, 1.54) is 0 Å². The van der Waals surface area contributed by atoms with Crippen LogP contribution in [0.25, 0.3) is 11.2 Å². The molecule has 0 saturated carbocycles. The zero-order valence-corrected chi connectivity index (χ0v) is 13.5. The van der Waals surface area contributed by atoms with Crippen molar-refractivity contribution in [3.8, 4) is 0 Å². The van der Waals surface area contributed by atoms with E-state index in [9.17, 15) is 0 Å². The molecule has 1 N–H and O–H groups in total. The van der Waals surface area contributed by atoms with Gasteiger partial charge in [-0.3, -0.25) is 4.68 Å². The topological polar surface area (TPSA) is 51.0 Å². The lowest BCUT2D eigenvalue weighted by molar-refractivity contribution is 0.159. The average molecular weight is 297 g/mol. The maximum absolute atomic E-state index is 5.44. The van der Waals surface area contributed by atoms with Gasteiger partial charge in [0.25, 0.3) is 0 Å². The van der Waals surface area contributed by atoms with Crippen molar-refractivity contribution in [2.45, 2.75) is 19.9 Å². The Morgan fingerprint density at radius 2 is 2.15 bits per heavy atom. The molecule has 0 amide bonds. The number of aromatic amines is 1. The van der Waals surface area contributed by atoms with Gasteiger partial charge in [-0.1, -0.05) is 6.92 Å². The van der Waals surface area contributed by atoms with E-state index in [2.05, 4.69) is 33.5 Å². The Morgan fingerprint density at radius 1 is 1.40 bits per heavy atom. The number of ether oxygens (including phenoxy) is 1. The van der Waals surface area contributed by atoms with Crippen LogP contribution in [0.4, 0.5) is 0 Å². The van der Waals surface area contributed by atoms with Gasteiger partial charge < -0.3 is 19.2 Å². The number of methoxy groups -OCH3 is 1. The van der Waals surface area contributed by atoms with Gasteiger partial charge in [0.1, 0.15) is 5.52 Å². The van der Waals surface area contributed by atoms with Gasteiger partial charge in [-0.25, -0.2) is 0 Å². The molecule has 2 aromatic heterocycles. The van der Waals surface area contributed by atoms with Gasteiger partial charge in [-0.15, -0.1) is 0 Å². The van der Waals surface area contributed by atoms with Gasteiger partial charge in [0.05, 0.1) is 12.3 Å². The Balaban J connectivity index is 2.20. The van der Waals surface area contributed by atoms with Gasteiger partial charge in [-0.05, 0) is 25.7 Å². The van der Waals surface area contributed by atoms with Crippen LogP contribution in [-0.4, -0.2) is 58.1 Å². The molecule has 0 aliphatic heterocycles. The molecule has 2 rings (SSSR count). The van der Waals surface area contributed by atoms with Crippen LogP contribution in [-0.2, 0) is 24.8 Å². The van der Waals surface area contributed by atoms with Crippen molar-refractivity contribution in [2.24, 2.45) is 7.05 Å². The van der Waals surface area contributed by atoms with Crippen molar-refractivity contribution in [1.29, 1.82) is 0 Å². The van der Waals surface area contributed by atoms with Crippen LogP contribution >= 0.6 is 12.2 Å². The van der Waals surface area contributed by atoms with Crippen molar-refractivity contribution in [1.82, 2.24) is 24.2 Å². The standard InChI is InChI=1S/C13H23N5OS/c1-5-10-11-12(17(3)15-10)18(13(20)14-11)7-6-16(2)8-9-19-4/h5-9H2,1-4H3,(H,14,20). The summed E-state index contributed by atoms with van der Waals surface area (Å²) < 4.78 is 9.90. The summed E-state index contributed by atoms with van der Waals surface area (Å²) in [7, 11) is 5.78. The molecule has 0 aromatic carbocycles. The fourth-order valence-electron chi connectivity index (χ4n) is 2.36. The first-order valence-electron chi connectivity index (χ1n) is 6.90. The molecule has 2 aromatic rings. The summed E-state index contributed by atoms with van der Waals surface area (Å²) in [6.45, 7) is 5.55. The molecule has 2 heterocycles. The highest BCUT2D eigenvalue weighted by atomic mass is 32.1. The zero-order valence-electron chi connectivity index (χ0n) is 12.6. The minimum absolute atomic E-state index is 0.746. The minimum Gasteiger partial charge on any atom is -0.383 e. The number of hydrogen-bond donors (Lipinski definition) is 1. The molecular formula is C13H23N5OS. The molecule has 20 heavy (non-hydrogen) atoms. The van der Waals surface area contributed by atoms with Crippen molar-refractivity contribution < 1.29 is 4.74 Å². The highest BCUT2D eigenvalue weighted by Gasteiger charge is 2.14. The van der Waals surface area contributed by atoms with E-state index in [1.54, 1.807) is 7.11 Å². The molecule has 112 valence electrons. The van der Waals surface area contributed by atoms with Crippen LogP contribution < -0.4 is 0 Å². The third-order valence-electron chi connectivity index (χ3n) is 3.54. The van der Waals surface area contributed by atoms with Gasteiger partial charge in [0.2, 0.25) is 0 Å². The van der Waals surface area contributed by atoms with Gasteiger partial charge >= 0.3 is 0 Å². The summed E-state index contributed by atoms with van der Waals surface area (Å²) in [4.78, 5) is 5.52. The zero-order chi connectivity index (χ0) is 14.7. The third kappa shape index (κ3) is 2.94. The lowest BCUT2D eigenvalue weighted by atomic mass is 10.3. The number of nitrogens with zero attached hydrogens (tertiary/aromatic N) is 4. The van der Waals surface area contributed by atoms with Crippen LogP contribution in [0.5, 0.6) is 0 Å². The van der Waals surface area contributed by atoms with Gasteiger partial charge in [-0.2, -0.15) is 5.10 Å². The average Bonchev–Trinajstić information content (AvgIpc) is 2.91. The molecular weight excluding hydrogens is 274 g/mol. The number of hydrogen-bond acceptors (Lipinski definition) is 4. The summed E-state index contributed by atoms with van der Waals surface area (Å²) in [5.74, 6) is 0. The first kappa shape index (κ1) is 15.2. The maximum atomic E-state index is 5.44. The quantitative estimate of drug-likeness (QED) is 0.788. The van der Waals surface area contributed by atoms with Crippen molar-refractivity contribution in [2.75, 3.05) is 33.9 Å². The summed E-state index contributed by atoms with van der Waals surface area (Å²) in [6.07, 6.45) is 0.903. The van der Waals surface area contributed by atoms with Crippen LogP contribution in [0.2, 0.25) is 0 Å². The van der Waals surface area contributed by atoms with Crippen LogP contribution in [0, 0.1) is 4.77 Å². The maximum Gasteiger partial charge on any atom is 0.179 e. The van der Waals surface area contributed by atoms with Crippen LogP contribution in [0.15, 0.2) is 0 Å². The van der Waals surface area contributed by atoms with E-state index in [0.717, 1.165) is 54.3 Å². The number of aryl methyl sites for hydroxylation is 2. The van der Waals surface area contributed by atoms with Gasteiger partial charge in [0, 0.05) is 33.8 Å². The summed E-state index contributed by atoms with van der Waals surface area (Å²) in [5.41, 5.74) is 3.21. The summed E-state index contributed by atoms with van der Waals surface area (Å²) in [5, 5.41) is 4.53. The Hall–Kier alpha value is -1.18. The first-order chi connectivity index (χ1) is 9.58. The molecule has 6 nitrogen and oxygen atoms in total. The Morgan fingerprint density at radius 3 is 2.80 bits per heavy atom. The van der Waals surface area contributed by atoms with E-state index >= 15 is 0 Å². The smallest absolute Gasteiger partial charge is 0.179 e. The number of imidazole rings is 1. The number of fused-ring (bicyclic) bond motifs is 1. The fourth-order valence-corrected chi connectivity index (χ4v) is 2.64. The molecule has 0 radical (unpaired) electrons. The highest BCUT2D eigenvalue weighted by molar-refractivity contribution is 7.71. The monoisotopic (exact) mass is 297 g/mol. The molecule has 0 unspecified atom stereocenters. The number of nitrogens with one attached hydrogen (secondary N) is 1. The summed E-state index contributed by atoms with van der Waals surface area (Å²) >= 11 is 5.44. The van der Waals surface area contributed by atoms with Crippen molar-refractivity contribution in [3.63, 3.8) is 0 Å². The van der Waals surface area contributed by atoms with E-state index in [0.29, 0.717) is 0 Å². The van der Waals surface area contributed by atoms with E-state index in [1.807, 2.05) is 11.7 Å².